The zero-order valence-electron chi connectivity index (χ0n) is 10.9. The molecular weight excluding hydrogens is 295 g/mol. The van der Waals surface area contributed by atoms with Crippen molar-refractivity contribution in [3.05, 3.63) is 34.1 Å². The predicted molar refractivity (Wildman–Crippen MR) is 75.9 cm³/mol. The van der Waals surface area contributed by atoms with Gasteiger partial charge in [0, 0.05) is 22.1 Å². The topological polar surface area (TPSA) is 29.3 Å². The quantitative estimate of drug-likeness (QED) is 0.925. The third-order valence-corrected chi connectivity index (χ3v) is 4.37. The molecule has 1 aliphatic rings. The Balaban J connectivity index is 2.36. The average Bonchev–Trinajstić information content (AvgIpc) is 2.65. The van der Waals surface area contributed by atoms with Crippen LogP contribution in [-0.2, 0) is 0 Å². The Morgan fingerprint density at radius 2 is 2.22 bits per heavy atom. The highest BCUT2D eigenvalue weighted by Crippen LogP contribution is 2.37. The summed E-state index contributed by atoms with van der Waals surface area (Å²) in [6.07, 6.45) is 2.29. The van der Waals surface area contributed by atoms with Crippen LogP contribution in [0.15, 0.2) is 22.7 Å². The second-order valence-electron chi connectivity index (χ2n) is 5.53. The van der Waals surface area contributed by atoms with E-state index in [1.807, 2.05) is 6.07 Å². The number of nitrogens with two attached hydrogens (primary N) is 1. The van der Waals surface area contributed by atoms with Gasteiger partial charge in [0.2, 0.25) is 0 Å². The lowest BCUT2D eigenvalue weighted by Crippen LogP contribution is -2.43. The van der Waals surface area contributed by atoms with Crippen LogP contribution in [0.5, 0.6) is 0 Å². The molecule has 0 saturated carbocycles. The monoisotopic (exact) mass is 314 g/mol. The van der Waals surface area contributed by atoms with Crippen LogP contribution in [0, 0.1) is 5.82 Å². The van der Waals surface area contributed by atoms with E-state index in [2.05, 4.69) is 34.7 Å². The van der Waals surface area contributed by atoms with Gasteiger partial charge in [0.25, 0.3) is 0 Å². The van der Waals surface area contributed by atoms with Gasteiger partial charge in [-0.15, -0.1) is 0 Å². The molecule has 2 nitrogen and oxygen atoms in total. The molecule has 1 aliphatic heterocycles. The summed E-state index contributed by atoms with van der Waals surface area (Å²) in [6, 6.07) is 5.04. The fourth-order valence-corrected chi connectivity index (χ4v) is 3.28. The van der Waals surface area contributed by atoms with E-state index in [0.29, 0.717) is 12.1 Å². The fraction of sp³-hybridized carbons (Fsp3) is 0.571. The fourth-order valence-electron chi connectivity index (χ4n) is 2.90. The highest BCUT2D eigenvalue weighted by Gasteiger charge is 2.37. The van der Waals surface area contributed by atoms with Gasteiger partial charge in [-0.1, -0.05) is 15.9 Å². The van der Waals surface area contributed by atoms with Crippen LogP contribution in [0.25, 0.3) is 0 Å². The van der Waals surface area contributed by atoms with E-state index in [1.165, 1.54) is 6.07 Å². The van der Waals surface area contributed by atoms with Gasteiger partial charge in [-0.3, -0.25) is 4.90 Å². The summed E-state index contributed by atoms with van der Waals surface area (Å²) in [7, 11) is 0. The molecule has 1 fully saturated rings. The molecule has 2 rings (SSSR count). The molecule has 1 unspecified atom stereocenters. The van der Waals surface area contributed by atoms with Crippen molar-refractivity contribution in [3.63, 3.8) is 0 Å². The Morgan fingerprint density at radius 3 is 2.78 bits per heavy atom. The van der Waals surface area contributed by atoms with Crippen LogP contribution in [-0.4, -0.2) is 23.5 Å². The highest BCUT2D eigenvalue weighted by atomic mass is 79.9. The Labute approximate surface area is 116 Å². The lowest BCUT2D eigenvalue weighted by atomic mass is 9.97. The third kappa shape index (κ3) is 2.60. The Morgan fingerprint density at radius 1 is 1.50 bits per heavy atom. The van der Waals surface area contributed by atoms with Gasteiger partial charge in [-0.05, 0) is 51.4 Å². The SMILES string of the molecule is CC1(C)CCCN1C(CN)c1cc(Br)ccc1F. The number of rotatable bonds is 3. The maximum absolute atomic E-state index is 14.0. The summed E-state index contributed by atoms with van der Waals surface area (Å²) in [5, 5.41) is 0. The lowest BCUT2D eigenvalue weighted by molar-refractivity contribution is 0.117. The van der Waals surface area contributed by atoms with Crippen molar-refractivity contribution in [2.24, 2.45) is 5.73 Å². The smallest absolute Gasteiger partial charge is 0.128 e. The molecule has 1 heterocycles. The van der Waals surface area contributed by atoms with E-state index in [4.69, 9.17) is 5.73 Å². The first-order chi connectivity index (χ1) is 8.45. The average molecular weight is 315 g/mol. The number of hydrogen-bond acceptors (Lipinski definition) is 2. The van der Waals surface area contributed by atoms with Crippen molar-refractivity contribution in [1.29, 1.82) is 0 Å². The molecule has 100 valence electrons. The summed E-state index contributed by atoms with van der Waals surface area (Å²) in [5.41, 5.74) is 6.69. The van der Waals surface area contributed by atoms with Crippen molar-refractivity contribution in [1.82, 2.24) is 4.90 Å². The Kier molecular flexibility index (Phi) is 4.09. The zero-order chi connectivity index (χ0) is 13.3. The van der Waals surface area contributed by atoms with Gasteiger partial charge in [0.05, 0.1) is 6.04 Å². The molecule has 1 aromatic carbocycles. The number of benzene rings is 1. The summed E-state index contributed by atoms with van der Waals surface area (Å²) in [6.45, 7) is 5.84. The number of likely N-dealkylation sites (tertiary alicyclic amines) is 1. The van der Waals surface area contributed by atoms with Crippen LogP contribution in [0.1, 0.15) is 38.3 Å². The van der Waals surface area contributed by atoms with Crippen molar-refractivity contribution in [2.75, 3.05) is 13.1 Å². The van der Waals surface area contributed by atoms with E-state index in [0.717, 1.165) is 23.9 Å². The third-order valence-electron chi connectivity index (χ3n) is 3.88. The van der Waals surface area contributed by atoms with Gasteiger partial charge in [-0.2, -0.15) is 0 Å². The first-order valence-corrected chi connectivity index (χ1v) is 7.17. The second kappa shape index (κ2) is 5.27. The van der Waals surface area contributed by atoms with Crippen molar-refractivity contribution in [3.8, 4) is 0 Å². The molecule has 2 N–H and O–H groups in total. The van der Waals surface area contributed by atoms with E-state index >= 15 is 0 Å². The second-order valence-corrected chi connectivity index (χ2v) is 6.44. The molecule has 4 heteroatoms. The molecule has 1 saturated heterocycles. The van der Waals surface area contributed by atoms with Gasteiger partial charge in [0.1, 0.15) is 5.82 Å². The maximum atomic E-state index is 14.0. The zero-order valence-corrected chi connectivity index (χ0v) is 12.5. The molecule has 0 aromatic heterocycles. The molecular formula is C14H20BrFN2. The van der Waals surface area contributed by atoms with Crippen LogP contribution in [0.3, 0.4) is 0 Å². The standard InChI is InChI=1S/C14H20BrFN2/c1-14(2)6-3-7-18(14)13(9-17)11-8-10(15)4-5-12(11)16/h4-5,8,13H,3,6-7,9,17H2,1-2H3. The van der Waals surface area contributed by atoms with E-state index in [9.17, 15) is 4.39 Å². The van der Waals surface area contributed by atoms with Gasteiger partial charge >= 0.3 is 0 Å². The first kappa shape index (κ1) is 14.0. The normalized spacial score (nSPS) is 21.2. The lowest BCUT2D eigenvalue weighted by Gasteiger charge is -2.38. The number of hydrogen-bond donors (Lipinski definition) is 1. The van der Waals surface area contributed by atoms with E-state index in [1.54, 1.807) is 6.07 Å². The number of nitrogens with zero attached hydrogens (tertiary/aromatic N) is 1. The van der Waals surface area contributed by atoms with Crippen molar-refractivity contribution < 1.29 is 4.39 Å². The molecule has 0 bridgehead atoms. The predicted octanol–water partition coefficient (Wildman–Crippen LogP) is 3.46. The Hall–Kier alpha value is -0.450. The molecule has 0 amide bonds. The van der Waals surface area contributed by atoms with Crippen molar-refractivity contribution in [2.45, 2.75) is 38.3 Å². The van der Waals surface area contributed by atoms with Crippen LogP contribution >= 0.6 is 15.9 Å². The summed E-state index contributed by atoms with van der Waals surface area (Å²) in [4.78, 5) is 2.33. The van der Waals surface area contributed by atoms with Gasteiger partial charge < -0.3 is 5.73 Å². The Bertz CT molecular complexity index is 434. The minimum atomic E-state index is -0.170. The van der Waals surface area contributed by atoms with Gasteiger partial charge in [-0.25, -0.2) is 4.39 Å². The summed E-state index contributed by atoms with van der Waals surface area (Å²) in [5.74, 6) is -0.170. The first-order valence-electron chi connectivity index (χ1n) is 6.37. The summed E-state index contributed by atoms with van der Waals surface area (Å²) < 4.78 is 14.9. The minimum Gasteiger partial charge on any atom is -0.329 e. The molecule has 1 aromatic rings. The molecule has 1 atom stereocenters. The van der Waals surface area contributed by atoms with Crippen molar-refractivity contribution >= 4 is 15.9 Å². The van der Waals surface area contributed by atoms with E-state index in [-0.39, 0.29) is 17.4 Å². The van der Waals surface area contributed by atoms with Crippen LogP contribution < -0.4 is 5.73 Å². The van der Waals surface area contributed by atoms with E-state index < -0.39 is 0 Å². The summed E-state index contributed by atoms with van der Waals surface area (Å²) >= 11 is 3.40. The molecule has 0 aliphatic carbocycles. The molecule has 0 radical (unpaired) electrons. The number of halogens is 2. The van der Waals surface area contributed by atoms with Crippen LogP contribution in [0.2, 0.25) is 0 Å². The highest BCUT2D eigenvalue weighted by molar-refractivity contribution is 9.10. The van der Waals surface area contributed by atoms with Gasteiger partial charge in [0.15, 0.2) is 0 Å². The molecule has 18 heavy (non-hydrogen) atoms. The minimum absolute atomic E-state index is 0.0417. The largest absolute Gasteiger partial charge is 0.329 e. The maximum Gasteiger partial charge on any atom is 0.128 e. The van der Waals surface area contributed by atoms with Crippen LogP contribution in [0.4, 0.5) is 4.39 Å². The molecule has 0 spiro atoms.